The van der Waals surface area contributed by atoms with Gasteiger partial charge in [-0.3, -0.25) is 9.78 Å². The van der Waals surface area contributed by atoms with Gasteiger partial charge in [0.1, 0.15) is 5.69 Å². The fourth-order valence-corrected chi connectivity index (χ4v) is 3.00. The Bertz CT molecular complexity index is 706. The standard InChI is InChI=1S/C19H23N3O/c1-13-6-5-9-17(14(13)2)21-16-10-11-20-18(12-16)19(23)22-15-7-3-4-8-15/h5-6,9-12,15H,3-4,7-8H2,1-2H3,(H,20,21)(H,22,23). The third-order valence-corrected chi connectivity index (χ3v) is 4.57. The normalized spacial score (nSPS) is 14.7. The maximum Gasteiger partial charge on any atom is 0.270 e. The molecule has 0 saturated heterocycles. The second-order valence-corrected chi connectivity index (χ2v) is 6.26. The molecular weight excluding hydrogens is 286 g/mol. The van der Waals surface area contributed by atoms with Crippen molar-refractivity contribution in [3.05, 3.63) is 53.3 Å². The van der Waals surface area contributed by atoms with E-state index in [1.54, 1.807) is 6.20 Å². The molecule has 1 fully saturated rings. The summed E-state index contributed by atoms with van der Waals surface area (Å²) in [6.45, 7) is 4.18. The van der Waals surface area contributed by atoms with Crippen LogP contribution in [0.2, 0.25) is 0 Å². The zero-order valence-electron chi connectivity index (χ0n) is 13.7. The van der Waals surface area contributed by atoms with Crippen molar-refractivity contribution >= 4 is 17.3 Å². The van der Waals surface area contributed by atoms with Gasteiger partial charge in [0.25, 0.3) is 5.91 Å². The van der Waals surface area contributed by atoms with Gasteiger partial charge in [-0.15, -0.1) is 0 Å². The van der Waals surface area contributed by atoms with Crippen LogP contribution in [-0.2, 0) is 0 Å². The highest BCUT2D eigenvalue weighted by Gasteiger charge is 2.18. The number of carbonyl (C=O) groups excluding carboxylic acids is 1. The first-order valence-corrected chi connectivity index (χ1v) is 8.23. The summed E-state index contributed by atoms with van der Waals surface area (Å²) < 4.78 is 0. The zero-order chi connectivity index (χ0) is 16.2. The molecule has 2 aromatic rings. The van der Waals surface area contributed by atoms with Crippen LogP contribution in [0.4, 0.5) is 11.4 Å². The number of nitrogens with one attached hydrogen (secondary N) is 2. The van der Waals surface area contributed by atoms with Gasteiger partial charge in [-0.25, -0.2) is 0 Å². The second-order valence-electron chi connectivity index (χ2n) is 6.26. The summed E-state index contributed by atoms with van der Waals surface area (Å²) >= 11 is 0. The molecule has 0 radical (unpaired) electrons. The van der Waals surface area contributed by atoms with Crippen molar-refractivity contribution in [1.29, 1.82) is 0 Å². The van der Waals surface area contributed by atoms with Gasteiger partial charge in [0, 0.05) is 23.6 Å². The van der Waals surface area contributed by atoms with Crippen LogP contribution in [0.25, 0.3) is 0 Å². The Labute approximate surface area is 137 Å². The lowest BCUT2D eigenvalue weighted by Gasteiger charge is -2.14. The maximum atomic E-state index is 12.3. The number of rotatable bonds is 4. The van der Waals surface area contributed by atoms with E-state index < -0.39 is 0 Å². The molecule has 1 amide bonds. The fourth-order valence-electron chi connectivity index (χ4n) is 3.00. The molecule has 1 heterocycles. The average Bonchev–Trinajstić information content (AvgIpc) is 3.05. The Morgan fingerprint density at radius 2 is 1.96 bits per heavy atom. The van der Waals surface area contributed by atoms with Crippen molar-refractivity contribution in [2.45, 2.75) is 45.6 Å². The molecule has 120 valence electrons. The SMILES string of the molecule is Cc1cccc(Nc2ccnc(C(=O)NC3CCCC3)c2)c1C. The first-order valence-electron chi connectivity index (χ1n) is 8.23. The predicted octanol–water partition coefficient (Wildman–Crippen LogP) is 4.11. The van der Waals surface area contributed by atoms with Crippen LogP contribution in [0, 0.1) is 13.8 Å². The summed E-state index contributed by atoms with van der Waals surface area (Å²) in [6.07, 6.45) is 6.23. The predicted molar refractivity (Wildman–Crippen MR) is 93.2 cm³/mol. The van der Waals surface area contributed by atoms with E-state index in [-0.39, 0.29) is 5.91 Å². The smallest absolute Gasteiger partial charge is 0.270 e. The molecule has 23 heavy (non-hydrogen) atoms. The van der Waals surface area contributed by atoms with Gasteiger partial charge in [0.2, 0.25) is 0 Å². The number of nitrogens with zero attached hydrogens (tertiary/aromatic N) is 1. The van der Waals surface area contributed by atoms with E-state index in [1.807, 2.05) is 24.3 Å². The molecule has 0 aliphatic heterocycles. The molecule has 0 spiro atoms. The van der Waals surface area contributed by atoms with Gasteiger partial charge >= 0.3 is 0 Å². The molecule has 0 atom stereocenters. The zero-order valence-corrected chi connectivity index (χ0v) is 13.7. The highest BCUT2D eigenvalue weighted by molar-refractivity contribution is 5.93. The summed E-state index contributed by atoms with van der Waals surface area (Å²) in [7, 11) is 0. The van der Waals surface area contributed by atoms with Gasteiger partial charge in [0.15, 0.2) is 0 Å². The number of carbonyl (C=O) groups is 1. The lowest BCUT2D eigenvalue weighted by Crippen LogP contribution is -2.33. The van der Waals surface area contributed by atoms with Gasteiger partial charge in [-0.1, -0.05) is 25.0 Å². The quantitative estimate of drug-likeness (QED) is 0.893. The molecule has 1 aromatic carbocycles. The van der Waals surface area contributed by atoms with Crippen molar-refractivity contribution < 1.29 is 4.79 Å². The first-order chi connectivity index (χ1) is 11.1. The highest BCUT2D eigenvalue weighted by Crippen LogP contribution is 2.23. The van der Waals surface area contributed by atoms with Crippen LogP contribution in [0.5, 0.6) is 0 Å². The number of anilines is 2. The minimum absolute atomic E-state index is 0.0819. The van der Waals surface area contributed by atoms with Crippen molar-refractivity contribution in [2.75, 3.05) is 5.32 Å². The number of amides is 1. The molecule has 2 N–H and O–H groups in total. The largest absolute Gasteiger partial charge is 0.355 e. The van der Waals surface area contributed by atoms with E-state index >= 15 is 0 Å². The van der Waals surface area contributed by atoms with Crippen molar-refractivity contribution in [1.82, 2.24) is 10.3 Å². The molecule has 4 heteroatoms. The van der Waals surface area contributed by atoms with Crippen LogP contribution in [0.1, 0.15) is 47.3 Å². The number of hydrogen-bond acceptors (Lipinski definition) is 3. The third kappa shape index (κ3) is 3.70. The first kappa shape index (κ1) is 15.5. The van der Waals surface area contributed by atoms with Crippen LogP contribution in [0.3, 0.4) is 0 Å². The molecule has 1 aromatic heterocycles. The van der Waals surface area contributed by atoms with E-state index in [4.69, 9.17) is 0 Å². The molecule has 4 nitrogen and oxygen atoms in total. The van der Waals surface area contributed by atoms with Gasteiger partial charge < -0.3 is 10.6 Å². The molecule has 1 aliphatic rings. The highest BCUT2D eigenvalue weighted by atomic mass is 16.1. The van der Waals surface area contributed by atoms with Crippen LogP contribution in [-0.4, -0.2) is 16.9 Å². The third-order valence-electron chi connectivity index (χ3n) is 4.57. The topological polar surface area (TPSA) is 54.0 Å². The minimum Gasteiger partial charge on any atom is -0.355 e. The molecule has 1 aliphatic carbocycles. The summed E-state index contributed by atoms with van der Waals surface area (Å²) in [5.74, 6) is -0.0819. The Morgan fingerprint density at radius 1 is 1.17 bits per heavy atom. The van der Waals surface area contributed by atoms with Crippen molar-refractivity contribution in [3.8, 4) is 0 Å². The van der Waals surface area contributed by atoms with Crippen molar-refractivity contribution in [2.24, 2.45) is 0 Å². The summed E-state index contributed by atoms with van der Waals surface area (Å²) in [5, 5.41) is 6.46. The maximum absolute atomic E-state index is 12.3. The van der Waals surface area contributed by atoms with Crippen LogP contribution in [0.15, 0.2) is 36.5 Å². The Morgan fingerprint density at radius 3 is 2.74 bits per heavy atom. The molecule has 0 bridgehead atoms. The second kappa shape index (κ2) is 6.82. The molecule has 0 unspecified atom stereocenters. The number of pyridine rings is 1. The molecule has 1 saturated carbocycles. The number of hydrogen-bond donors (Lipinski definition) is 2. The Kier molecular flexibility index (Phi) is 4.60. The van der Waals surface area contributed by atoms with E-state index in [0.717, 1.165) is 24.2 Å². The lowest BCUT2D eigenvalue weighted by molar-refractivity contribution is 0.0933. The van der Waals surface area contributed by atoms with E-state index in [1.165, 1.54) is 24.0 Å². The molecular formula is C19H23N3O. The van der Waals surface area contributed by atoms with E-state index in [9.17, 15) is 4.79 Å². The monoisotopic (exact) mass is 309 g/mol. The Hall–Kier alpha value is -2.36. The number of benzene rings is 1. The molecule has 3 rings (SSSR count). The fraction of sp³-hybridized carbons (Fsp3) is 0.368. The summed E-state index contributed by atoms with van der Waals surface area (Å²) in [5.41, 5.74) is 4.85. The van der Waals surface area contributed by atoms with Gasteiger partial charge in [-0.2, -0.15) is 0 Å². The number of aromatic nitrogens is 1. The van der Waals surface area contributed by atoms with Gasteiger partial charge in [-0.05, 0) is 56.0 Å². The van der Waals surface area contributed by atoms with E-state index in [2.05, 4.69) is 35.5 Å². The van der Waals surface area contributed by atoms with Gasteiger partial charge in [0.05, 0.1) is 0 Å². The summed E-state index contributed by atoms with van der Waals surface area (Å²) in [6, 6.07) is 10.2. The minimum atomic E-state index is -0.0819. The average molecular weight is 309 g/mol. The van der Waals surface area contributed by atoms with Crippen molar-refractivity contribution in [3.63, 3.8) is 0 Å². The van der Waals surface area contributed by atoms with Crippen LogP contribution >= 0.6 is 0 Å². The lowest BCUT2D eigenvalue weighted by atomic mass is 10.1. The Balaban J connectivity index is 1.74. The van der Waals surface area contributed by atoms with Crippen LogP contribution < -0.4 is 10.6 Å². The summed E-state index contributed by atoms with van der Waals surface area (Å²) in [4.78, 5) is 16.5. The number of aryl methyl sites for hydroxylation is 1. The van der Waals surface area contributed by atoms with E-state index in [0.29, 0.717) is 11.7 Å².